The molecule has 15 heavy (non-hydrogen) atoms. The molecule has 4 nitrogen and oxygen atoms in total. The maximum Gasteiger partial charge on any atom is 0.239 e. The summed E-state index contributed by atoms with van der Waals surface area (Å²) in [5, 5.41) is 0. The number of carbonyl (C=O) groups is 1. The molecule has 2 N–H and O–H groups in total. The van der Waals surface area contributed by atoms with Crippen LogP contribution in [-0.4, -0.2) is 42.6 Å². The molecule has 1 unspecified atom stereocenters. The lowest BCUT2D eigenvalue weighted by atomic mass is 10.0. The van der Waals surface area contributed by atoms with Crippen LogP contribution in [0.1, 0.15) is 27.2 Å². The normalized spacial score (nSPS) is 25.1. The maximum atomic E-state index is 12.0. The minimum Gasteiger partial charge on any atom is -0.377 e. The second kappa shape index (κ2) is 5.47. The Morgan fingerprint density at radius 1 is 1.53 bits per heavy atom. The Bertz CT molecular complexity index is 219. The van der Waals surface area contributed by atoms with E-state index in [1.54, 1.807) is 0 Å². The van der Waals surface area contributed by atoms with Crippen molar-refractivity contribution in [1.29, 1.82) is 0 Å². The summed E-state index contributed by atoms with van der Waals surface area (Å²) < 4.78 is 5.49. The SMILES string of the molecule is CC1CN(C(=O)[C@@H](N)C(C)C)CCCO1. The Balaban J connectivity index is 2.57. The van der Waals surface area contributed by atoms with E-state index in [4.69, 9.17) is 10.5 Å². The number of ether oxygens (including phenoxy) is 1. The molecule has 2 atom stereocenters. The lowest BCUT2D eigenvalue weighted by molar-refractivity contribution is -0.134. The smallest absolute Gasteiger partial charge is 0.239 e. The average Bonchev–Trinajstić information content (AvgIpc) is 2.40. The zero-order valence-electron chi connectivity index (χ0n) is 9.90. The summed E-state index contributed by atoms with van der Waals surface area (Å²) >= 11 is 0. The van der Waals surface area contributed by atoms with Gasteiger partial charge in [-0.25, -0.2) is 0 Å². The van der Waals surface area contributed by atoms with Gasteiger partial charge in [-0.05, 0) is 19.3 Å². The monoisotopic (exact) mass is 214 g/mol. The van der Waals surface area contributed by atoms with E-state index in [1.807, 2.05) is 25.7 Å². The van der Waals surface area contributed by atoms with Crippen molar-refractivity contribution >= 4 is 5.91 Å². The number of amides is 1. The van der Waals surface area contributed by atoms with Crippen LogP contribution in [-0.2, 0) is 9.53 Å². The standard InChI is InChI=1S/C11H22N2O2/c1-8(2)10(12)11(14)13-5-4-6-15-9(3)7-13/h8-10H,4-7,12H2,1-3H3/t9?,10-/m0/s1. The van der Waals surface area contributed by atoms with Gasteiger partial charge >= 0.3 is 0 Å². The van der Waals surface area contributed by atoms with Crippen LogP contribution in [0.2, 0.25) is 0 Å². The molecule has 1 saturated heterocycles. The maximum absolute atomic E-state index is 12.0. The summed E-state index contributed by atoms with van der Waals surface area (Å²) in [5.74, 6) is 0.249. The van der Waals surface area contributed by atoms with Gasteiger partial charge in [0.1, 0.15) is 0 Å². The molecule has 1 heterocycles. The second-order valence-corrected chi connectivity index (χ2v) is 4.59. The largest absolute Gasteiger partial charge is 0.377 e. The van der Waals surface area contributed by atoms with Gasteiger partial charge in [-0.2, -0.15) is 0 Å². The first-order chi connectivity index (χ1) is 7.02. The summed E-state index contributed by atoms with van der Waals surface area (Å²) in [5.41, 5.74) is 5.86. The first-order valence-corrected chi connectivity index (χ1v) is 5.68. The summed E-state index contributed by atoms with van der Waals surface area (Å²) in [4.78, 5) is 13.8. The third-order valence-corrected chi connectivity index (χ3v) is 2.77. The molecule has 0 aromatic carbocycles. The van der Waals surface area contributed by atoms with E-state index in [0.29, 0.717) is 6.54 Å². The molecular formula is C11H22N2O2. The highest BCUT2D eigenvalue weighted by atomic mass is 16.5. The molecule has 0 bridgehead atoms. The number of nitrogens with zero attached hydrogens (tertiary/aromatic N) is 1. The van der Waals surface area contributed by atoms with Crippen LogP contribution >= 0.6 is 0 Å². The van der Waals surface area contributed by atoms with Gasteiger partial charge in [0.2, 0.25) is 5.91 Å². The fourth-order valence-corrected chi connectivity index (χ4v) is 1.69. The van der Waals surface area contributed by atoms with Crippen LogP contribution in [0.25, 0.3) is 0 Å². The third-order valence-electron chi connectivity index (χ3n) is 2.77. The Kier molecular flexibility index (Phi) is 4.54. The molecule has 1 rings (SSSR count). The quantitative estimate of drug-likeness (QED) is 0.732. The van der Waals surface area contributed by atoms with Crippen molar-refractivity contribution in [1.82, 2.24) is 4.90 Å². The molecule has 0 saturated carbocycles. The first kappa shape index (κ1) is 12.5. The molecule has 0 aromatic rings. The lowest BCUT2D eigenvalue weighted by Crippen LogP contribution is -2.48. The highest BCUT2D eigenvalue weighted by Crippen LogP contribution is 2.09. The summed E-state index contributed by atoms with van der Waals surface area (Å²) in [6.07, 6.45) is 1.02. The number of nitrogens with two attached hydrogens (primary N) is 1. The molecule has 1 amide bonds. The number of hydrogen-bond acceptors (Lipinski definition) is 3. The van der Waals surface area contributed by atoms with Gasteiger partial charge in [0.05, 0.1) is 12.1 Å². The van der Waals surface area contributed by atoms with E-state index in [-0.39, 0.29) is 24.0 Å². The van der Waals surface area contributed by atoms with Crippen molar-refractivity contribution in [3.63, 3.8) is 0 Å². The molecule has 88 valence electrons. The molecule has 0 radical (unpaired) electrons. The zero-order chi connectivity index (χ0) is 11.4. The van der Waals surface area contributed by atoms with Crippen LogP contribution in [0.4, 0.5) is 0 Å². The topological polar surface area (TPSA) is 55.6 Å². The summed E-state index contributed by atoms with van der Waals surface area (Å²) in [6.45, 7) is 8.11. The van der Waals surface area contributed by atoms with Crippen molar-refractivity contribution in [2.24, 2.45) is 11.7 Å². The fraction of sp³-hybridized carbons (Fsp3) is 0.909. The van der Waals surface area contributed by atoms with E-state index in [2.05, 4.69) is 0 Å². The Labute approximate surface area is 91.8 Å². The van der Waals surface area contributed by atoms with Gasteiger partial charge in [-0.15, -0.1) is 0 Å². The van der Waals surface area contributed by atoms with Crippen molar-refractivity contribution < 1.29 is 9.53 Å². The van der Waals surface area contributed by atoms with E-state index in [1.165, 1.54) is 0 Å². The number of rotatable bonds is 2. The minimum absolute atomic E-state index is 0.0577. The molecule has 1 aliphatic rings. The molecule has 0 spiro atoms. The highest BCUT2D eigenvalue weighted by molar-refractivity contribution is 5.81. The van der Waals surface area contributed by atoms with Crippen molar-refractivity contribution in [3.05, 3.63) is 0 Å². The van der Waals surface area contributed by atoms with Gasteiger partial charge in [0.25, 0.3) is 0 Å². The van der Waals surface area contributed by atoms with Crippen molar-refractivity contribution in [2.75, 3.05) is 19.7 Å². The van der Waals surface area contributed by atoms with Crippen LogP contribution < -0.4 is 5.73 Å². The second-order valence-electron chi connectivity index (χ2n) is 4.59. The molecule has 0 aliphatic carbocycles. The van der Waals surface area contributed by atoms with E-state index in [0.717, 1.165) is 19.6 Å². The number of carbonyl (C=O) groups excluding carboxylic acids is 1. The molecular weight excluding hydrogens is 192 g/mol. The minimum atomic E-state index is -0.379. The van der Waals surface area contributed by atoms with Gasteiger partial charge < -0.3 is 15.4 Å². The summed E-state index contributed by atoms with van der Waals surface area (Å²) in [7, 11) is 0. The average molecular weight is 214 g/mol. The van der Waals surface area contributed by atoms with Gasteiger partial charge in [-0.1, -0.05) is 13.8 Å². The third kappa shape index (κ3) is 3.47. The molecule has 0 aromatic heterocycles. The van der Waals surface area contributed by atoms with Gasteiger partial charge in [0, 0.05) is 19.7 Å². The fourth-order valence-electron chi connectivity index (χ4n) is 1.69. The van der Waals surface area contributed by atoms with E-state index >= 15 is 0 Å². The van der Waals surface area contributed by atoms with Gasteiger partial charge in [0.15, 0.2) is 0 Å². The van der Waals surface area contributed by atoms with Gasteiger partial charge in [-0.3, -0.25) is 4.79 Å². The summed E-state index contributed by atoms with van der Waals surface area (Å²) in [6, 6.07) is -0.379. The predicted molar refractivity (Wildman–Crippen MR) is 59.4 cm³/mol. The zero-order valence-corrected chi connectivity index (χ0v) is 9.90. The van der Waals surface area contributed by atoms with Crippen molar-refractivity contribution in [3.8, 4) is 0 Å². The van der Waals surface area contributed by atoms with Crippen LogP contribution in [0.3, 0.4) is 0 Å². The van der Waals surface area contributed by atoms with Crippen molar-refractivity contribution in [2.45, 2.75) is 39.3 Å². The Hall–Kier alpha value is -0.610. The van der Waals surface area contributed by atoms with Crippen LogP contribution in [0.15, 0.2) is 0 Å². The van der Waals surface area contributed by atoms with E-state index < -0.39 is 0 Å². The van der Waals surface area contributed by atoms with E-state index in [9.17, 15) is 4.79 Å². The lowest BCUT2D eigenvalue weighted by Gasteiger charge is -2.26. The Morgan fingerprint density at radius 2 is 2.20 bits per heavy atom. The van der Waals surface area contributed by atoms with Crippen LogP contribution in [0, 0.1) is 5.92 Å². The highest BCUT2D eigenvalue weighted by Gasteiger charge is 2.25. The predicted octanol–water partition coefficient (Wildman–Crippen LogP) is 0.607. The van der Waals surface area contributed by atoms with Crippen LogP contribution in [0.5, 0.6) is 0 Å². The molecule has 1 aliphatic heterocycles. The first-order valence-electron chi connectivity index (χ1n) is 5.68. The molecule has 1 fully saturated rings. The molecule has 4 heteroatoms. The number of hydrogen-bond donors (Lipinski definition) is 1. The Morgan fingerprint density at radius 3 is 2.80 bits per heavy atom.